The van der Waals surface area contributed by atoms with Gasteiger partial charge in [-0.05, 0) is 79.8 Å². The fraction of sp³-hybridized carbons (Fsp3) is 0.714. The van der Waals surface area contributed by atoms with E-state index in [4.69, 9.17) is 6.85 Å². The van der Waals surface area contributed by atoms with Crippen LogP contribution in [0.5, 0.6) is 0 Å². The zero-order chi connectivity index (χ0) is 20.7. The quantitative estimate of drug-likeness (QED) is 0.568. The Morgan fingerprint density at radius 3 is 2.48 bits per heavy atom. The zero-order valence-electron chi connectivity index (χ0n) is 18.9. The molecule has 2 aliphatic rings. The van der Waals surface area contributed by atoms with E-state index in [9.17, 15) is 8.78 Å². The lowest BCUT2D eigenvalue weighted by Crippen LogP contribution is -2.25. The van der Waals surface area contributed by atoms with E-state index in [1.807, 2.05) is 0 Å². The maximum absolute atomic E-state index is 13.7. The Morgan fingerprint density at radius 1 is 1.00 bits per heavy atom. The van der Waals surface area contributed by atoms with Crippen molar-refractivity contribution in [1.82, 2.24) is 0 Å². The van der Waals surface area contributed by atoms with Gasteiger partial charge in [-0.2, -0.15) is 0 Å². The monoisotopic (exact) mass is 325 g/mol. The minimum Gasteiger partial charge on any atom is -0.204 e. The minimum atomic E-state index is -2.02. The predicted molar refractivity (Wildman–Crippen MR) is 91.4 cm³/mol. The van der Waals surface area contributed by atoms with Crippen LogP contribution in [0.4, 0.5) is 8.78 Å². The van der Waals surface area contributed by atoms with E-state index in [2.05, 4.69) is 6.92 Å². The first-order valence-electron chi connectivity index (χ1n) is 11.5. The summed E-state index contributed by atoms with van der Waals surface area (Å²) in [7, 11) is 0. The first-order chi connectivity index (χ1) is 13.0. The molecule has 0 radical (unpaired) electrons. The highest BCUT2D eigenvalue weighted by Crippen LogP contribution is 2.44. The van der Waals surface area contributed by atoms with Crippen LogP contribution in [0.1, 0.15) is 89.3 Å². The molecule has 0 amide bonds. The van der Waals surface area contributed by atoms with Crippen molar-refractivity contribution >= 4 is 0 Å². The van der Waals surface area contributed by atoms with Gasteiger partial charge in [-0.25, -0.2) is 8.78 Å². The normalized spacial score (nSPS) is 42.7. The van der Waals surface area contributed by atoms with Crippen LogP contribution in [-0.2, 0) is 0 Å². The topological polar surface area (TPSA) is 0 Å². The first kappa shape index (κ1) is 11.6. The summed E-state index contributed by atoms with van der Waals surface area (Å²) in [5.74, 6) is -3.77. The average molecular weight is 325 g/mol. The van der Waals surface area contributed by atoms with Crippen molar-refractivity contribution in [3.05, 3.63) is 35.4 Å². The Bertz CT molecular complexity index is 700. The van der Waals surface area contributed by atoms with Crippen LogP contribution in [0.3, 0.4) is 0 Å². The molecule has 1 aromatic carbocycles. The van der Waals surface area contributed by atoms with E-state index >= 15 is 0 Å². The smallest absolute Gasteiger partial charge is 0.159 e. The van der Waals surface area contributed by atoms with Crippen LogP contribution in [-0.4, -0.2) is 0 Å². The Hall–Kier alpha value is -0.920. The second kappa shape index (κ2) is 7.77. The number of hydrogen-bond donors (Lipinski definition) is 0. The molecule has 0 saturated heterocycles. The SMILES string of the molecule is [2H]C1([2H])C[C@@]([2H])(c2ccc(F)c(F)c2)C([2H])([2H])C[C@@H]1C1CCC(CCC)CC1. The van der Waals surface area contributed by atoms with Gasteiger partial charge < -0.3 is 0 Å². The van der Waals surface area contributed by atoms with Crippen molar-refractivity contribution in [2.75, 3.05) is 0 Å². The largest absolute Gasteiger partial charge is 0.204 e. The van der Waals surface area contributed by atoms with Crippen molar-refractivity contribution in [2.45, 2.75) is 76.9 Å². The van der Waals surface area contributed by atoms with Crippen LogP contribution < -0.4 is 0 Å². The van der Waals surface area contributed by atoms with E-state index < -0.39 is 36.2 Å². The van der Waals surface area contributed by atoms with Gasteiger partial charge in [-0.1, -0.05) is 38.7 Å². The highest BCUT2D eigenvalue weighted by Gasteiger charge is 2.31. The fourth-order valence-electron chi connectivity index (χ4n) is 4.11. The summed E-state index contributed by atoms with van der Waals surface area (Å²) in [6.45, 7) is 2.17. The van der Waals surface area contributed by atoms with Gasteiger partial charge in [-0.3, -0.25) is 0 Å². The number of halogens is 2. The van der Waals surface area contributed by atoms with Crippen LogP contribution in [0, 0.1) is 29.4 Å². The molecule has 0 heterocycles. The third-order valence-corrected chi connectivity index (χ3v) is 5.50. The van der Waals surface area contributed by atoms with Gasteiger partial charge in [-0.15, -0.1) is 0 Å². The molecule has 23 heavy (non-hydrogen) atoms. The molecule has 2 fully saturated rings. The van der Waals surface area contributed by atoms with E-state index in [0.717, 1.165) is 44.2 Å². The molecule has 2 heteroatoms. The highest BCUT2D eigenvalue weighted by molar-refractivity contribution is 5.22. The van der Waals surface area contributed by atoms with Crippen LogP contribution in [0.25, 0.3) is 0 Å². The van der Waals surface area contributed by atoms with Crippen molar-refractivity contribution in [3.63, 3.8) is 0 Å². The molecule has 0 unspecified atom stereocenters. The Kier molecular flexibility index (Phi) is 3.92. The van der Waals surface area contributed by atoms with Gasteiger partial charge in [0, 0.05) is 6.85 Å². The van der Waals surface area contributed by atoms with Gasteiger partial charge >= 0.3 is 0 Å². The van der Waals surface area contributed by atoms with E-state index in [0.29, 0.717) is 5.92 Å². The van der Waals surface area contributed by atoms with E-state index in [1.54, 1.807) is 0 Å². The molecule has 0 spiro atoms. The van der Waals surface area contributed by atoms with Crippen molar-refractivity contribution in [2.24, 2.45) is 17.8 Å². The average Bonchev–Trinajstić information content (AvgIpc) is 2.61. The molecule has 0 bridgehead atoms. The molecule has 0 nitrogen and oxygen atoms in total. The number of rotatable bonds is 4. The van der Waals surface area contributed by atoms with Gasteiger partial charge in [0.05, 0.1) is 0 Å². The maximum Gasteiger partial charge on any atom is 0.159 e. The molecule has 1 aromatic rings. The van der Waals surface area contributed by atoms with E-state index in [-0.39, 0.29) is 24.3 Å². The lowest BCUT2D eigenvalue weighted by molar-refractivity contribution is 0.156. The molecule has 2 atom stereocenters. The number of benzene rings is 1. The van der Waals surface area contributed by atoms with Gasteiger partial charge in [0.25, 0.3) is 0 Å². The molecule has 0 aromatic heterocycles. The summed E-state index contributed by atoms with van der Waals surface area (Å²) in [6.07, 6.45) is 2.11. The number of hydrogen-bond acceptors (Lipinski definition) is 0. The van der Waals surface area contributed by atoms with Crippen molar-refractivity contribution in [3.8, 4) is 0 Å². The third kappa shape index (κ3) is 4.14. The second-order valence-corrected chi connectivity index (χ2v) is 7.05. The maximum atomic E-state index is 13.7. The summed E-state index contributed by atoms with van der Waals surface area (Å²) < 4.78 is 70.3. The van der Waals surface area contributed by atoms with Gasteiger partial charge in [0.2, 0.25) is 0 Å². The van der Waals surface area contributed by atoms with Gasteiger partial charge in [0.1, 0.15) is 0 Å². The highest BCUT2D eigenvalue weighted by atomic mass is 19.2. The Labute approximate surface area is 146 Å². The first-order valence-corrected chi connectivity index (χ1v) is 8.96. The van der Waals surface area contributed by atoms with Crippen molar-refractivity contribution in [1.29, 1.82) is 0 Å². The summed E-state index contributed by atoms with van der Waals surface area (Å²) >= 11 is 0. The van der Waals surface area contributed by atoms with Gasteiger partial charge in [0.15, 0.2) is 11.6 Å². The molecule has 3 rings (SSSR count). The lowest BCUT2D eigenvalue weighted by Gasteiger charge is -2.38. The van der Waals surface area contributed by atoms with Crippen LogP contribution in [0.2, 0.25) is 0 Å². The predicted octanol–water partition coefficient (Wildman–Crippen LogP) is 6.85. The lowest BCUT2D eigenvalue weighted by atomic mass is 9.68. The summed E-state index contributed by atoms with van der Waals surface area (Å²) in [6, 6.07) is 2.97. The summed E-state index contributed by atoms with van der Waals surface area (Å²) in [4.78, 5) is 0. The summed E-state index contributed by atoms with van der Waals surface area (Å²) in [5, 5.41) is 0. The molecular formula is C21H30F2. The van der Waals surface area contributed by atoms with E-state index in [1.165, 1.54) is 12.5 Å². The molecular weight excluding hydrogens is 290 g/mol. The Morgan fingerprint density at radius 2 is 1.78 bits per heavy atom. The third-order valence-electron chi connectivity index (χ3n) is 5.50. The summed E-state index contributed by atoms with van der Waals surface area (Å²) in [5.41, 5.74) is 0.00498. The second-order valence-electron chi connectivity index (χ2n) is 7.05. The molecule has 2 saturated carbocycles. The standard InChI is InChI=1S/C21H30F2/c1-2-3-15-4-6-16(7-5-15)17-8-10-18(11-9-17)19-12-13-20(22)21(23)14-19/h12-18H,2-11H2,1H3/t15?,16?,17-,18-/i8D2,11D2,18D/m1/s1. The molecule has 0 aliphatic heterocycles. The van der Waals surface area contributed by atoms with Crippen molar-refractivity contribution < 1.29 is 15.6 Å². The van der Waals surface area contributed by atoms with Crippen LogP contribution >= 0.6 is 0 Å². The minimum absolute atomic E-state index is 0.00498. The fourth-order valence-corrected chi connectivity index (χ4v) is 4.11. The zero-order valence-corrected chi connectivity index (χ0v) is 13.9. The molecule has 128 valence electrons. The Balaban J connectivity index is 1.84. The molecule has 2 aliphatic carbocycles. The van der Waals surface area contributed by atoms with Crippen LogP contribution in [0.15, 0.2) is 18.2 Å². The molecule has 0 N–H and O–H groups in total.